The molecule has 1 fully saturated rings. The Hall–Kier alpha value is -2.35. The minimum Gasteiger partial charge on any atom is -0.340 e. The molecule has 7 nitrogen and oxygen atoms in total. The molecule has 0 saturated carbocycles. The highest BCUT2D eigenvalue weighted by Gasteiger charge is 2.35. The summed E-state index contributed by atoms with van der Waals surface area (Å²) in [6.45, 7) is 3.32. The predicted octanol–water partition coefficient (Wildman–Crippen LogP) is 1.25. The van der Waals surface area contributed by atoms with E-state index in [1.165, 1.54) is 11.5 Å². The Morgan fingerprint density at radius 2 is 2.33 bits per heavy atom. The molecule has 2 amide bonds. The van der Waals surface area contributed by atoms with Crippen LogP contribution in [0.2, 0.25) is 0 Å². The third kappa shape index (κ3) is 3.59. The third-order valence-electron chi connectivity index (χ3n) is 4.16. The van der Waals surface area contributed by atoms with Gasteiger partial charge >= 0.3 is 0 Å². The molecule has 0 unspecified atom stereocenters. The van der Waals surface area contributed by atoms with Crippen LogP contribution in [0.15, 0.2) is 24.5 Å². The Morgan fingerprint density at radius 1 is 1.50 bits per heavy atom. The molecule has 0 N–H and O–H groups in total. The van der Waals surface area contributed by atoms with E-state index < -0.39 is 0 Å². The van der Waals surface area contributed by atoms with Crippen LogP contribution in [-0.2, 0) is 22.7 Å². The normalized spacial score (nSPS) is 17.3. The van der Waals surface area contributed by atoms with Crippen LogP contribution < -0.4 is 0 Å². The maximum Gasteiger partial charge on any atom is 0.228 e. The van der Waals surface area contributed by atoms with E-state index in [-0.39, 0.29) is 24.2 Å². The molecule has 1 saturated heterocycles. The first-order chi connectivity index (χ1) is 11.5. The lowest BCUT2D eigenvalue weighted by Gasteiger charge is -2.21. The summed E-state index contributed by atoms with van der Waals surface area (Å²) in [6, 6.07) is 3.78. The van der Waals surface area contributed by atoms with Crippen LogP contribution in [0.1, 0.15) is 22.6 Å². The van der Waals surface area contributed by atoms with Gasteiger partial charge in [-0.05, 0) is 30.1 Å². The zero-order valence-corrected chi connectivity index (χ0v) is 14.5. The van der Waals surface area contributed by atoms with Crippen molar-refractivity contribution in [1.82, 2.24) is 24.4 Å². The van der Waals surface area contributed by atoms with Gasteiger partial charge in [0.1, 0.15) is 0 Å². The average Bonchev–Trinajstić information content (AvgIpc) is 3.14. The molecule has 3 heterocycles. The van der Waals surface area contributed by atoms with Gasteiger partial charge in [0.05, 0.1) is 23.0 Å². The standard InChI is InChI=1S/C16H19N5O2S/c1-11-14(24-19-18-11)10-20(2)16(23)13-6-15(22)21(9-13)8-12-4-3-5-17-7-12/h3-5,7,13H,6,8-10H2,1-2H3/t13-/m0/s1. The molecule has 0 radical (unpaired) electrons. The Morgan fingerprint density at radius 3 is 3.00 bits per heavy atom. The number of amides is 2. The predicted molar refractivity (Wildman–Crippen MR) is 88.9 cm³/mol. The van der Waals surface area contributed by atoms with E-state index in [1.807, 2.05) is 19.1 Å². The number of hydrogen-bond donors (Lipinski definition) is 0. The fraction of sp³-hybridized carbons (Fsp3) is 0.438. The summed E-state index contributed by atoms with van der Waals surface area (Å²) in [5.74, 6) is -0.286. The van der Waals surface area contributed by atoms with Crippen LogP contribution in [0.3, 0.4) is 0 Å². The number of nitrogens with zero attached hydrogens (tertiary/aromatic N) is 5. The van der Waals surface area contributed by atoms with Crippen molar-refractivity contribution < 1.29 is 9.59 Å². The van der Waals surface area contributed by atoms with Gasteiger partial charge in [-0.1, -0.05) is 10.6 Å². The first-order valence-corrected chi connectivity index (χ1v) is 8.51. The Bertz CT molecular complexity index is 733. The lowest BCUT2D eigenvalue weighted by molar-refractivity contribution is -0.135. The summed E-state index contributed by atoms with van der Waals surface area (Å²) < 4.78 is 3.89. The van der Waals surface area contributed by atoms with Crippen molar-refractivity contribution in [2.24, 2.45) is 5.92 Å². The summed E-state index contributed by atoms with van der Waals surface area (Å²) in [4.78, 5) is 33.3. The van der Waals surface area contributed by atoms with Gasteiger partial charge in [0.25, 0.3) is 0 Å². The lowest BCUT2D eigenvalue weighted by Crippen LogP contribution is -2.34. The number of carbonyl (C=O) groups is 2. The van der Waals surface area contributed by atoms with E-state index in [9.17, 15) is 9.59 Å². The molecular weight excluding hydrogens is 326 g/mol. The number of pyridine rings is 1. The molecule has 3 rings (SSSR count). The average molecular weight is 345 g/mol. The topological polar surface area (TPSA) is 79.3 Å². The molecule has 0 spiro atoms. The SMILES string of the molecule is Cc1nnsc1CN(C)C(=O)[C@H]1CC(=O)N(Cc2cccnc2)C1. The maximum atomic E-state index is 12.6. The van der Waals surface area contributed by atoms with Crippen LogP contribution in [0.5, 0.6) is 0 Å². The van der Waals surface area contributed by atoms with Crippen LogP contribution in [-0.4, -0.2) is 49.8 Å². The van der Waals surface area contributed by atoms with Crippen LogP contribution >= 0.6 is 11.5 Å². The minimum absolute atomic E-state index is 0.00941. The number of aryl methyl sites for hydroxylation is 1. The van der Waals surface area contributed by atoms with E-state index in [0.29, 0.717) is 19.6 Å². The second-order valence-corrected chi connectivity index (χ2v) is 6.85. The quantitative estimate of drug-likeness (QED) is 0.815. The monoisotopic (exact) mass is 345 g/mol. The summed E-state index contributed by atoms with van der Waals surface area (Å²) in [5.41, 5.74) is 1.82. The molecular formula is C16H19N5O2S. The molecule has 0 bridgehead atoms. The largest absolute Gasteiger partial charge is 0.340 e. The third-order valence-corrected chi connectivity index (χ3v) is 4.97. The molecule has 126 valence electrons. The minimum atomic E-state index is -0.291. The second-order valence-electron chi connectivity index (χ2n) is 6.01. The Kier molecular flexibility index (Phi) is 4.84. The Balaban J connectivity index is 1.60. The van der Waals surface area contributed by atoms with Crippen molar-refractivity contribution in [3.63, 3.8) is 0 Å². The van der Waals surface area contributed by atoms with Crippen molar-refractivity contribution in [3.8, 4) is 0 Å². The second kappa shape index (κ2) is 7.04. The lowest BCUT2D eigenvalue weighted by atomic mass is 10.1. The first kappa shape index (κ1) is 16.5. The zero-order valence-electron chi connectivity index (χ0n) is 13.7. The van der Waals surface area contributed by atoms with Crippen molar-refractivity contribution >= 4 is 23.3 Å². The smallest absolute Gasteiger partial charge is 0.228 e. The van der Waals surface area contributed by atoms with Gasteiger partial charge in [-0.3, -0.25) is 14.6 Å². The number of aromatic nitrogens is 3. The molecule has 1 atom stereocenters. The van der Waals surface area contributed by atoms with Gasteiger partial charge < -0.3 is 9.80 Å². The maximum absolute atomic E-state index is 12.6. The van der Waals surface area contributed by atoms with Gasteiger partial charge in [0.2, 0.25) is 11.8 Å². The van der Waals surface area contributed by atoms with E-state index >= 15 is 0 Å². The summed E-state index contributed by atoms with van der Waals surface area (Å²) in [5, 5.41) is 3.96. The van der Waals surface area contributed by atoms with E-state index in [4.69, 9.17) is 0 Å². The summed E-state index contributed by atoms with van der Waals surface area (Å²) in [6.07, 6.45) is 3.71. The van der Waals surface area contributed by atoms with Crippen molar-refractivity contribution in [2.75, 3.05) is 13.6 Å². The highest BCUT2D eigenvalue weighted by atomic mass is 32.1. The fourth-order valence-corrected chi connectivity index (χ4v) is 3.49. The van der Waals surface area contributed by atoms with Gasteiger partial charge in [-0.2, -0.15) is 0 Å². The molecule has 1 aliphatic heterocycles. The van der Waals surface area contributed by atoms with E-state index in [2.05, 4.69) is 14.6 Å². The van der Waals surface area contributed by atoms with Crippen LogP contribution in [0, 0.1) is 12.8 Å². The van der Waals surface area contributed by atoms with Gasteiger partial charge in [-0.25, -0.2) is 0 Å². The van der Waals surface area contributed by atoms with Gasteiger partial charge in [-0.15, -0.1) is 5.10 Å². The highest BCUT2D eigenvalue weighted by Crippen LogP contribution is 2.23. The molecule has 2 aromatic heterocycles. The summed E-state index contributed by atoms with van der Waals surface area (Å²) >= 11 is 1.30. The Labute approximate surface area is 144 Å². The van der Waals surface area contributed by atoms with Crippen molar-refractivity contribution in [3.05, 3.63) is 40.7 Å². The molecule has 8 heteroatoms. The zero-order chi connectivity index (χ0) is 17.1. The van der Waals surface area contributed by atoms with E-state index in [0.717, 1.165) is 16.1 Å². The van der Waals surface area contributed by atoms with Crippen molar-refractivity contribution in [2.45, 2.75) is 26.4 Å². The molecule has 1 aliphatic rings. The number of rotatable bonds is 5. The fourth-order valence-electron chi connectivity index (χ4n) is 2.80. The molecule has 2 aromatic rings. The summed E-state index contributed by atoms with van der Waals surface area (Å²) in [7, 11) is 1.76. The molecule has 0 aromatic carbocycles. The van der Waals surface area contributed by atoms with Gasteiger partial charge in [0.15, 0.2) is 0 Å². The number of likely N-dealkylation sites (tertiary alicyclic amines) is 1. The number of carbonyl (C=O) groups excluding carboxylic acids is 2. The van der Waals surface area contributed by atoms with Crippen LogP contribution in [0.4, 0.5) is 0 Å². The number of hydrogen-bond acceptors (Lipinski definition) is 6. The van der Waals surface area contributed by atoms with Crippen molar-refractivity contribution in [1.29, 1.82) is 0 Å². The van der Waals surface area contributed by atoms with E-state index in [1.54, 1.807) is 29.2 Å². The van der Waals surface area contributed by atoms with Gasteiger partial charge in [0, 0.05) is 39.0 Å². The van der Waals surface area contributed by atoms with Crippen LogP contribution in [0.25, 0.3) is 0 Å². The first-order valence-electron chi connectivity index (χ1n) is 7.74. The molecule has 0 aliphatic carbocycles. The molecule has 24 heavy (non-hydrogen) atoms. The highest BCUT2D eigenvalue weighted by molar-refractivity contribution is 7.05.